The average molecular weight is 316 g/mol. The largest absolute Gasteiger partial charge is 0.480 e. The van der Waals surface area contributed by atoms with E-state index in [0.29, 0.717) is 19.4 Å². The van der Waals surface area contributed by atoms with Crippen LogP contribution < -0.4 is 4.72 Å². The van der Waals surface area contributed by atoms with Crippen LogP contribution in [0.5, 0.6) is 0 Å². The SMILES string of the molecule is Cn1cc(S(=O)(=O)NCC(=O)N2CCCC2C(=O)O)cn1. The number of carbonyl (C=O) groups is 2. The Bertz CT molecular complexity index is 653. The summed E-state index contributed by atoms with van der Waals surface area (Å²) in [6.45, 7) is -0.147. The van der Waals surface area contributed by atoms with Crippen LogP contribution in [-0.4, -0.2) is 59.2 Å². The Morgan fingerprint density at radius 3 is 2.81 bits per heavy atom. The molecule has 1 aromatic rings. The fraction of sp³-hybridized carbons (Fsp3) is 0.545. The van der Waals surface area contributed by atoms with Gasteiger partial charge in [0.2, 0.25) is 15.9 Å². The Kier molecular flexibility index (Phi) is 4.28. The number of nitrogens with one attached hydrogen (secondary N) is 1. The summed E-state index contributed by atoms with van der Waals surface area (Å²) in [6.07, 6.45) is 3.46. The number of nitrogens with zero attached hydrogens (tertiary/aromatic N) is 3. The van der Waals surface area contributed by atoms with Gasteiger partial charge in [-0.05, 0) is 12.8 Å². The highest BCUT2D eigenvalue weighted by Gasteiger charge is 2.34. The van der Waals surface area contributed by atoms with E-state index in [4.69, 9.17) is 5.11 Å². The van der Waals surface area contributed by atoms with E-state index in [9.17, 15) is 18.0 Å². The number of rotatable bonds is 5. The first-order valence-electron chi connectivity index (χ1n) is 6.32. The normalized spacial score (nSPS) is 18.9. The number of sulfonamides is 1. The Morgan fingerprint density at radius 2 is 2.24 bits per heavy atom. The first-order valence-corrected chi connectivity index (χ1v) is 7.80. The molecule has 0 aliphatic carbocycles. The number of hydrogen-bond acceptors (Lipinski definition) is 5. The van der Waals surface area contributed by atoms with Gasteiger partial charge in [-0.3, -0.25) is 9.48 Å². The van der Waals surface area contributed by atoms with E-state index < -0.39 is 34.5 Å². The third kappa shape index (κ3) is 3.39. The van der Waals surface area contributed by atoms with E-state index in [1.165, 1.54) is 22.0 Å². The van der Waals surface area contributed by atoms with Gasteiger partial charge in [0.05, 0.1) is 12.7 Å². The highest BCUT2D eigenvalue weighted by molar-refractivity contribution is 7.89. The van der Waals surface area contributed by atoms with Crippen molar-refractivity contribution < 1.29 is 23.1 Å². The summed E-state index contributed by atoms with van der Waals surface area (Å²) in [5, 5.41) is 12.7. The average Bonchev–Trinajstić information content (AvgIpc) is 3.04. The smallest absolute Gasteiger partial charge is 0.326 e. The van der Waals surface area contributed by atoms with Crippen molar-refractivity contribution in [2.75, 3.05) is 13.1 Å². The topological polar surface area (TPSA) is 122 Å². The molecule has 2 heterocycles. The van der Waals surface area contributed by atoms with E-state index >= 15 is 0 Å². The number of aryl methyl sites for hydroxylation is 1. The Labute approximate surface area is 121 Å². The summed E-state index contributed by atoms with van der Waals surface area (Å²) >= 11 is 0. The molecule has 116 valence electrons. The fourth-order valence-electron chi connectivity index (χ4n) is 2.20. The van der Waals surface area contributed by atoms with Gasteiger partial charge >= 0.3 is 5.97 Å². The number of likely N-dealkylation sites (tertiary alicyclic amines) is 1. The number of carboxylic acids is 1. The second-order valence-electron chi connectivity index (χ2n) is 4.76. The van der Waals surface area contributed by atoms with Crippen LogP contribution in [0.2, 0.25) is 0 Å². The molecule has 1 unspecified atom stereocenters. The van der Waals surface area contributed by atoms with Gasteiger partial charge in [0.1, 0.15) is 10.9 Å². The number of aliphatic carboxylic acids is 1. The Balaban J connectivity index is 1.99. The minimum absolute atomic E-state index is 0.0472. The Morgan fingerprint density at radius 1 is 1.52 bits per heavy atom. The molecule has 0 saturated carbocycles. The second-order valence-corrected chi connectivity index (χ2v) is 6.52. The maximum absolute atomic E-state index is 12.0. The number of carboxylic acid groups (broad SMARTS) is 1. The van der Waals surface area contributed by atoms with Crippen molar-refractivity contribution in [3.8, 4) is 0 Å². The number of aromatic nitrogens is 2. The van der Waals surface area contributed by atoms with Gasteiger partial charge < -0.3 is 10.0 Å². The molecule has 1 amide bonds. The van der Waals surface area contributed by atoms with E-state index in [1.54, 1.807) is 7.05 Å². The highest BCUT2D eigenvalue weighted by atomic mass is 32.2. The standard InChI is InChI=1S/C11H16N4O5S/c1-14-7-8(5-12-14)21(19,20)13-6-10(16)15-4-2-3-9(15)11(17)18/h5,7,9,13H,2-4,6H2,1H3,(H,17,18). The van der Waals surface area contributed by atoms with Crippen molar-refractivity contribution in [1.82, 2.24) is 19.4 Å². The molecule has 0 bridgehead atoms. The maximum Gasteiger partial charge on any atom is 0.326 e. The molecule has 1 atom stereocenters. The van der Waals surface area contributed by atoms with Crippen molar-refractivity contribution in [2.24, 2.45) is 7.05 Å². The molecule has 0 spiro atoms. The zero-order valence-corrected chi connectivity index (χ0v) is 12.2. The predicted octanol–water partition coefficient (Wildman–Crippen LogP) is -1.23. The summed E-state index contributed by atoms with van der Waals surface area (Å²) in [4.78, 5) is 24.1. The van der Waals surface area contributed by atoms with E-state index in [0.717, 1.165) is 0 Å². The molecule has 1 aromatic heterocycles. The van der Waals surface area contributed by atoms with Gasteiger partial charge in [0.15, 0.2) is 0 Å². The lowest BCUT2D eigenvalue weighted by molar-refractivity contribution is -0.147. The van der Waals surface area contributed by atoms with Crippen LogP contribution in [0.25, 0.3) is 0 Å². The second kappa shape index (κ2) is 5.82. The van der Waals surface area contributed by atoms with Gasteiger partial charge in [0, 0.05) is 19.8 Å². The first kappa shape index (κ1) is 15.4. The monoisotopic (exact) mass is 316 g/mol. The minimum atomic E-state index is -3.83. The molecule has 1 aliphatic rings. The molecule has 21 heavy (non-hydrogen) atoms. The van der Waals surface area contributed by atoms with Crippen molar-refractivity contribution in [3.63, 3.8) is 0 Å². The molecule has 10 heteroatoms. The highest BCUT2D eigenvalue weighted by Crippen LogP contribution is 2.17. The van der Waals surface area contributed by atoms with Crippen molar-refractivity contribution >= 4 is 21.9 Å². The lowest BCUT2D eigenvalue weighted by Crippen LogP contribution is -2.45. The molecule has 2 rings (SSSR count). The van der Waals surface area contributed by atoms with Crippen molar-refractivity contribution in [3.05, 3.63) is 12.4 Å². The van der Waals surface area contributed by atoms with Crippen LogP contribution >= 0.6 is 0 Å². The molecule has 9 nitrogen and oxygen atoms in total. The minimum Gasteiger partial charge on any atom is -0.480 e. The van der Waals surface area contributed by atoms with Gasteiger partial charge in [-0.15, -0.1) is 0 Å². The lowest BCUT2D eigenvalue weighted by atomic mass is 10.2. The number of carbonyl (C=O) groups excluding carboxylic acids is 1. The third-order valence-electron chi connectivity index (χ3n) is 3.26. The molecule has 1 aliphatic heterocycles. The molecule has 0 radical (unpaired) electrons. The summed E-state index contributed by atoms with van der Waals surface area (Å²) < 4.78 is 27.3. The number of hydrogen-bond donors (Lipinski definition) is 2. The lowest BCUT2D eigenvalue weighted by Gasteiger charge is -2.21. The van der Waals surface area contributed by atoms with Gasteiger partial charge in [-0.2, -0.15) is 5.10 Å². The number of amides is 1. The molecule has 1 saturated heterocycles. The molecule has 2 N–H and O–H groups in total. The first-order chi connectivity index (χ1) is 9.81. The Hall–Kier alpha value is -1.94. The van der Waals surface area contributed by atoms with Crippen LogP contribution in [0, 0.1) is 0 Å². The van der Waals surface area contributed by atoms with Gasteiger partial charge in [0.25, 0.3) is 0 Å². The zero-order chi connectivity index (χ0) is 15.6. The fourth-order valence-corrected chi connectivity index (χ4v) is 3.16. The summed E-state index contributed by atoms with van der Waals surface area (Å²) in [5.41, 5.74) is 0. The van der Waals surface area contributed by atoms with Crippen LogP contribution in [0.1, 0.15) is 12.8 Å². The maximum atomic E-state index is 12.0. The molecule has 1 fully saturated rings. The van der Waals surface area contributed by atoms with Crippen LogP contribution in [0.4, 0.5) is 0 Å². The summed E-state index contributed by atoms with van der Waals surface area (Å²) in [7, 11) is -2.25. The van der Waals surface area contributed by atoms with Crippen LogP contribution in [0.15, 0.2) is 17.3 Å². The van der Waals surface area contributed by atoms with Crippen LogP contribution in [0.3, 0.4) is 0 Å². The summed E-state index contributed by atoms with van der Waals surface area (Å²) in [5.74, 6) is -1.62. The van der Waals surface area contributed by atoms with Crippen molar-refractivity contribution in [2.45, 2.75) is 23.8 Å². The van der Waals surface area contributed by atoms with Gasteiger partial charge in [-0.1, -0.05) is 0 Å². The quantitative estimate of drug-likeness (QED) is 0.702. The van der Waals surface area contributed by atoms with Crippen molar-refractivity contribution in [1.29, 1.82) is 0 Å². The molecular weight excluding hydrogens is 300 g/mol. The molecule has 0 aromatic carbocycles. The molecular formula is C11H16N4O5S. The van der Waals surface area contributed by atoms with E-state index in [1.807, 2.05) is 0 Å². The zero-order valence-electron chi connectivity index (χ0n) is 11.4. The van der Waals surface area contributed by atoms with E-state index in [2.05, 4.69) is 9.82 Å². The summed E-state index contributed by atoms with van der Waals surface area (Å²) in [6, 6.07) is -0.875. The predicted molar refractivity (Wildman–Crippen MR) is 70.8 cm³/mol. The van der Waals surface area contributed by atoms with Crippen LogP contribution in [-0.2, 0) is 26.7 Å². The van der Waals surface area contributed by atoms with E-state index in [-0.39, 0.29) is 4.90 Å². The third-order valence-corrected chi connectivity index (χ3v) is 4.62. The van der Waals surface area contributed by atoms with Gasteiger partial charge in [-0.25, -0.2) is 17.9 Å².